The molecule has 0 radical (unpaired) electrons. The Hall–Kier alpha value is -2.00. The molecule has 1 fully saturated rings. The molecule has 0 aliphatic carbocycles. The maximum Gasteiger partial charge on any atom is 0.407 e. The fourth-order valence-corrected chi connectivity index (χ4v) is 3.47. The number of rotatable bonds is 3. The number of hydrogen-bond acceptors (Lipinski definition) is 3. The zero-order chi connectivity index (χ0) is 18.9. The minimum absolute atomic E-state index is 0.216. The average Bonchev–Trinajstić information content (AvgIpc) is 2.42. The van der Waals surface area contributed by atoms with E-state index >= 15 is 0 Å². The summed E-state index contributed by atoms with van der Waals surface area (Å²) in [4.78, 5) is 17.2. The fourth-order valence-electron chi connectivity index (χ4n) is 2.95. The normalized spacial score (nSPS) is 20.3. The van der Waals surface area contributed by atoms with E-state index in [4.69, 9.17) is 4.74 Å². The van der Waals surface area contributed by atoms with E-state index in [0.717, 1.165) is 12.0 Å². The molecule has 1 amide bonds. The first kappa shape index (κ1) is 19.3. The Labute approximate surface area is 151 Å². The molecular formula is C19H28N2O3Si. The number of pyridine rings is 1. The van der Waals surface area contributed by atoms with Crippen molar-refractivity contribution in [1.29, 1.82) is 0 Å². The third kappa shape index (κ3) is 4.34. The van der Waals surface area contributed by atoms with Crippen molar-refractivity contribution in [3.63, 3.8) is 0 Å². The van der Waals surface area contributed by atoms with Crippen molar-refractivity contribution in [2.45, 2.75) is 52.4 Å². The van der Waals surface area contributed by atoms with E-state index in [9.17, 15) is 9.90 Å². The van der Waals surface area contributed by atoms with Gasteiger partial charge in [-0.2, -0.15) is 0 Å². The highest BCUT2D eigenvalue weighted by Crippen LogP contribution is 2.45. The molecule has 1 unspecified atom stereocenters. The van der Waals surface area contributed by atoms with Gasteiger partial charge in [0.2, 0.25) is 0 Å². The summed E-state index contributed by atoms with van der Waals surface area (Å²) in [6.45, 7) is 13.6. The lowest BCUT2D eigenvalue weighted by Gasteiger charge is -2.57. The zero-order valence-electron chi connectivity index (χ0n) is 16.0. The van der Waals surface area contributed by atoms with Gasteiger partial charge in [-0.05, 0) is 17.9 Å². The van der Waals surface area contributed by atoms with Gasteiger partial charge in [0.1, 0.15) is 20.4 Å². The summed E-state index contributed by atoms with van der Waals surface area (Å²) in [5.74, 6) is 3.80. The molecule has 0 bridgehead atoms. The van der Waals surface area contributed by atoms with Crippen LogP contribution < -0.4 is 4.74 Å². The van der Waals surface area contributed by atoms with E-state index in [-0.39, 0.29) is 5.41 Å². The SMILES string of the molecule is CC(C)(C)C1(COc2cncc(C#C[Si](C)(C)C)c2)CCN1C(=O)O. The molecule has 0 aromatic carbocycles. The van der Waals surface area contributed by atoms with Crippen LogP contribution in [0, 0.1) is 16.9 Å². The Morgan fingerprint density at radius 1 is 1.40 bits per heavy atom. The number of amides is 1. The van der Waals surface area contributed by atoms with Crippen molar-refractivity contribution in [3.8, 4) is 17.2 Å². The van der Waals surface area contributed by atoms with Crippen molar-refractivity contribution >= 4 is 14.2 Å². The van der Waals surface area contributed by atoms with Crippen LogP contribution in [0.5, 0.6) is 5.75 Å². The monoisotopic (exact) mass is 360 g/mol. The molecule has 6 heteroatoms. The van der Waals surface area contributed by atoms with E-state index in [0.29, 0.717) is 18.9 Å². The molecule has 25 heavy (non-hydrogen) atoms. The first-order valence-corrected chi connectivity index (χ1v) is 12.1. The number of likely N-dealkylation sites (tertiary alicyclic amines) is 1. The number of nitrogens with zero attached hydrogens (tertiary/aromatic N) is 2. The van der Waals surface area contributed by atoms with Crippen molar-refractivity contribution in [3.05, 3.63) is 24.0 Å². The Bertz CT molecular complexity index is 710. The van der Waals surface area contributed by atoms with Crippen LogP contribution in [0.25, 0.3) is 0 Å². The summed E-state index contributed by atoms with van der Waals surface area (Å²) < 4.78 is 5.97. The molecule has 2 heterocycles. The number of carboxylic acid groups (broad SMARTS) is 1. The Balaban J connectivity index is 2.17. The van der Waals surface area contributed by atoms with E-state index in [2.05, 4.69) is 56.9 Å². The van der Waals surface area contributed by atoms with Gasteiger partial charge in [0.05, 0.1) is 11.7 Å². The van der Waals surface area contributed by atoms with Gasteiger partial charge in [-0.25, -0.2) is 4.79 Å². The van der Waals surface area contributed by atoms with Crippen LogP contribution in [-0.2, 0) is 0 Å². The third-order valence-electron chi connectivity index (χ3n) is 4.67. The van der Waals surface area contributed by atoms with Gasteiger partial charge >= 0.3 is 6.09 Å². The van der Waals surface area contributed by atoms with Crippen LogP contribution >= 0.6 is 0 Å². The first-order chi connectivity index (χ1) is 11.4. The topological polar surface area (TPSA) is 62.7 Å². The third-order valence-corrected chi connectivity index (χ3v) is 5.54. The molecule has 1 N–H and O–H groups in total. The average molecular weight is 361 g/mol. The Morgan fingerprint density at radius 2 is 2.08 bits per heavy atom. The molecule has 1 aromatic rings. The largest absolute Gasteiger partial charge is 0.489 e. The maximum absolute atomic E-state index is 11.5. The second-order valence-corrected chi connectivity index (χ2v) is 13.4. The van der Waals surface area contributed by atoms with Crippen molar-refractivity contribution in [2.24, 2.45) is 5.41 Å². The van der Waals surface area contributed by atoms with Gasteiger partial charge in [-0.1, -0.05) is 46.3 Å². The molecule has 1 aliphatic rings. The van der Waals surface area contributed by atoms with Gasteiger partial charge in [0, 0.05) is 18.3 Å². The second kappa shape index (κ2) is 6.72. The smallest absolute Gasteiger partial charge is 0.407 e. The lowest BCUT2D eigenvalue weighted by molar-refractivity contribution is -0.0962. The summed E-state index contributed by atoms with van der Waals surface area (Å²) in [6, 6.07) is 1.88. The molecule has 136 valence electrons. The van der Waals surface area contributed by atoms with Crippen LogP contribution in [0.4, 0.5) is 4.79 Å². The lowest BCUT2D eigenvalue weighted by atomic mass is 9.66. The molecular weight excluding hydrogens is 332 g/mol. The predicted molar refractivity (Wildman–Crippen MR) is 101 cm³/mol. The molecule has 0 spiro atoms. The second-order valence-electron chi connectivity index (χ2n) is 8.66. The number of hydrogen-bond donors (Lipinski definition) is 1. The molecule has 1 aliphatic heterocycles. The van der Waals surface area contributed by atoms with Gasteiger partial charge in [0.15, 0.2) is 0 Å². The van der Waals surface area contributed by atoms with Gasteiger partial charge in [0.25, 0.3) is 0 Å². The minimum Gasteiger partial charge on any atom is -0.489 e. The fraction of sp³-hybridized carbons (Fsp3) is 0.579. The number of aromatic nitrogens is 1. The summed E-state index contributed by atoms with van der Waals surface area (Å²) in [7, 11) is -1.45. The van der Waals surface area contributed by atoms with Crippen LogP contribution in [0.2, 0.25) is 19.6 Å². The first-order valence-electron chi connectivity index (χ1n) is 8.56. The molecule has 2 rings (SSSR count). The summed E-state index contributed by atoms with van der Waals surface area (Å²) in [5.41, 5.74) is 3.41. The highest BCUT2D eigenvalue weighted by molar-refractivity contribution is 6.83. The standard InChI is InChI=1S/C19H28N2O3Si/c1-18(2,3)19(8-9-21(19)17(22)23)14-24-16-11-15(12-20-13-16)7-10-25(4,5)6/h11-13H,8-9,14H2,1-6H3,(H,22,23). The maximum atomic E-state index is 11.5. The highest BCUT2D eigenvalue weighted by atomic mass is 28.3. The summed E-state index contributed by atoms with van der Waals surface area (Å²) in [5, 5.41) is 9.46. The van der Waals surface area contributed by atoms with E-state index in [1.54, 1.807) is 12.4 Å². The lowest BCUT2D eigenvalue weighted by Crippen LogP contribution is -2.70. The van der Waals surface area contributed by atoms with Crippen molar-refractivity contribution in [1.82, 2.24) is 9.88 Å². The molecule has 5 nitrogen and oxygen atoms in total. The Morgan fingerprint density at radius 3 is 2.56 bits per heavy atom. The van der Waals surface area contributed by atoms with Crippen molar-refractivity contribution in [2.75, 3.05) is 13.2 Å². The minimum atomic E-state index is -1.45. The molecule has 0 saturated carbocycles. The van der Waals surface area contributed by atoms with Gasteiger partial charge in [-0.3, -0.25) is 9.88 Å². The molecule has 1 atom stereocenters. The van der Waals surface area contributed by atoms with E-state index in [1.165, 1.54) is 4.90 Å². The number of carbonyl (C=O) groups is 1. The van der Waals surface area contributed by atoms with Gasteiger partial charge < -0.3 is 9.84 Å². The van der Waals surface area contributed by atoms with Crippen LogP contribution in [0.3, 0.4) is 0 Å². The predicted octanol–water partition coefficient (Wildman–Crippen LogP) is 3.86. The quantitative estimate of drug-likeness (QED) is 0.657. The van der Waals surface area contributed by atoms with E-state index in [1.807, 2.05) is 6.07 Å². The van der Waals surface area contributed by atoms with Crippen LogP contribution in [-0.4, -0.2) is 47.8 Å². The summed E-state index contributed by atoms with van der Waals surface area (Å²) >= 11 is 0. The Kier molecular flexibility index (Phi) is 5.19. The highest BCUT2D eigenvalue weighted by Gasteiger charge is 2.55. The van der Waals surface area contributed by atoms with E-state index < -0.39 is 19.7 Å². The van der Waals surface area contributed by atoms with Crippen molar-refractivity contribution < 1.29 is 14.6 Å². The molecule has 1 saturated heterocycles. The zero-order valence-corrected chi connectivity index (χ0v) is 17.0. The number of ether oxygens (including phenoxy) is 1. The van der Waals surface area contributed by atoms with Crippen LogP contribution in [0.15, 0.2) is 18.5 Å². The summed E-state index contributed by atoms with van der Waals surface area (Å²) in [6.07, 6.45) is 3.29. The van der Waals surface area contributed by atoms with Crippen LogP contribution in [0.1, 0.15) is 32.8 Å². The molecule has 1 aromatic heterocycles. The van der Waals surface area contributed by atoms with Gasteiger partial charge in [-0.15, -0.1) is 5.54 Å².